The van der Waals surface area contributed by atoms with Gasteiger partial charge >= 0.3 is 18.0 Å². The lowest BCUT2D eigenvalue weighted by molar-refractivity contribution is -0.305. The second kappa shape index (κ2) is 32.9. The molecular weight excluding hydrogens is 1190 g/mol. The number of carbonyl (C=O) groups excluding carboxylic acids is 4. The highest BCUT2D eigenvalue weighted by molar-refractivity contribution is 7.89. The summed E-state index contributed by atoms with van der Waals surface area (Å²) in [4.78, 5) is 68.2. The normalized spacial score (nSPS) is 36.7. The maximum atomic E-state index is 16.1. The number of alkyl carbamates (subject to hydrolysis) is 1. The van der Waals surface area contributed by atoms with E-state index in [2.05, 4.69) is 47.8 Å². The molecule has 25 heteroatoms. The molecule has 4 aliphatic rings. The van der Waals surface area contributed by atoms with E-state index in [1.165, 1.54) is 40.4 Å². The molecule has 0 spiro atoms. The Balaban J connectivity index is 1.72. The van der Waals surface area contributed by atoms with E-state index >= 15 is 9.59 Å². The number of benzene rings is 1. The molecule has 4 heterocycles. The number of oxime groups is 1. The Labute approximate surface area is 535 Å². The van der Waals surface area contributed by atoms with Crippen LogP contribution in [0.25, 0.3) is 0 Å². The van der Waals surface area contributed by atoms with Gasteiger partial charge in [-0.25, -0.2) is 17.9 Å². The number of amides is 1. The zero-order chi connectivity index (χ0) is 67.5. The molecule has 22 atom stereocenters. The molecule has 516 valence electrons. The molecule has 1 aromatic carbocycles. The second-order valence-electron chi connectivity index (χ2n) is 28.4. The summed E-state index contributed by atoms with van der Waals surface area (Å²) in [5, 5.41) is 29.9. The summed E-state index contributed by atoms with van der Waals surface area (Å²) in [5.74, 6) is -8.14. The second-order valence-corrected chi connectivity index (χ2v) is 30.1. The molecule has 4 aliphatic heterocycles. The van der Waals surface area contributed by atoms with Crippen LogP contribution in [0, 0.1) is 46.8 Å². The summed E-state index contributed by atoms with van der Waals surface area (Å²) in [6.07, 6.45) is -14.8. The number of aliphatic hydroxyl groups excluding tert-OH is 2. The van der Waals surface area contributed by atoms with Gasteiger partial charge in [-0.15, -0.1) is 0 Å². The van der Waals surface area contributed by atoms with Crippen LogP contribution in [0.2, 0.25) is 0 Å². The number of methoxy groups -OCH3 is 2. The van der Waals surface area contributed by atoms with Crippen LogP contribution in [0.3, 0.4) is 0 Å². The van der Waals surface area contributed by atoms with E-state index in [0.717, 1.165) is 6.54 Å². The van der Waals surface area contributed by atoms with Gasteiger partial charge in [0, 0.05) is 76.9 Å². The van der Waals surface area contributed by atoms with Crippen LogP contribution < -0.4 is 10.0 Å². The number of esters is 2. The van der Waals surface area contributed by atoms with Gasteiger partial charge in [0.2, 0.25) is 10.0 Å². The largest absolute Gasteiger partial charge is 0.461 e. The first kappa shape index (κ1) is 76.7. The lowest BCUT2D eigenvalue weighted by atomic mass is 9.74. The van der Waals surface area contributed by atoms with E-state index in [4.69, 9.17) is 56.9 Å². The topological polar surface area (TPSA) is 293 Å². The molecule has 0 radical (unpaired) electrons. The van der Waals surface area contributed by atoms with Crippen molar-refractivity contribution in [2.75, 3.05) is 47.6 Å². The Bertz CT molecular complexity index is 2610. The van der Waals surface area contributed by atoms with Crippen molar-refractivity contribution in [3.8, 4) is 0 Å². The van der Waals surface area contributed by atoms with Crippen LogP contribution in [0.5, 0.6) is 0 Å². The minimum atomic E-state index is -4.04. The Morgan fingerprint density at radius 2 is 1.46 bits per heavy atom. The number of hydrogen-bond acceptors (Lipinski definition) is 22. The van der Waals surface area contributed by atoms with Crippen molar-refractivity contribution < 1.29 is 94.8 Å². The van der Waals surface area contributed by atoms with Gasteiger partial charge in [0.05, 0.1) is 65.1 Å². The fourth-order valence-electron chi connectivity index (χ4n) is 13.0. The van der Waals surface area contributed by atoms with Crippen molar-refractivity contribution in [1.29, 1.82) is 0 Å². The molecule has 4 saturated heterocycles. The zero-order valence-electron chi connectivity index (χ0n) is 57.3. The molecule has 0 aliphatic carbocycles. The number of cyclic esters (lactones) is 1. The number of hydrogen-bond donors (Lipinski definition) is 4. The summed E-state index contributed by atoms with van der Waals surface area (Å²) in [6.45, 7) is 33.7. The summed E-state index contributed by atoms with van der Waals surface area (Å²) in [6, 6.07) is 7.70. The van der Waals surface area contributed by atoms with Crippen LogP contribution in [0.4, 0.5) is 4.79 Å². The molecule has 5 rings (SSSR count). The first-order chi connectivity index (χ1) is 41.9. The molecule has 1 aromatic rings. The van der Waals surface area contributed by atoms with E-state index in [1.807, 2.05) is 27.7 Å². The van der Waals surface area contributed by atoms with Crippen LogP contribution in [0.1, 0.15) is 150 Å². The third-order valence-electron chi connectivity index (χ3n) is 17.6. The molecular formula is C65H110N4O20S. The van der Waals surface area contributed by atoms with Gasteiger partial charge in [-0.3, -0.25) is 19.3 Å². The number of carbonyl (C=O) groups is 4. The average molecular weight is 1300 g/mol. The summed E-state index contributed by atoms with van der Waals surface area (Å²) in [5.41, 5.74) is -3.25. The van der Waals surface area contributed by atoms with Crippen molar-refractivity contribution in [3.05, 3.63) is 30.3 Å². The van der Waals surface area contributed by atoms with Crippen molar-refractivity contribution in [3.63, 3.8) is 0 Å². The highest BCUT2D eigenvalue weighted by Crippen LogP contribution is 2.41. The van der Waals surface area contributed by atoms with Crippen molar-refractivity contribution in [1.82, 2.24) is 14.9 Å². The average Bonchev–Trinajstić information content (AvgIpc) is 0.859. The lowest BCUT2D eigenvalue weighted by Gasteiger charge is -2.45. The van der Waals surface area contributed by atoms with E-state index in [-0.39, 0.29) is 66.5 Å². The summed E-state index contributed by atoms with van der Waals surface area (Å²) in [7, 11) is 0.209. The number of ether oxygens (including phenoxy) is 11. The number of Topliss-reactive ketones (excluding diaryl/α,β-unsaturated/α-hetero) is 1. The molecule has 0 saturated carbocycles. The number of nitrogens with one attached hydrogen (secondary N) is 2. The van der Waals surface area contributed by atoms with Crippen LogP contribution in [0.15, 0.2) is 40.4 Å². The molecule has 1 amide bonds. The molecule has 90 heavy (non-hydrogen) atoms. The minimum Gasteiger partial charge on any atom is -0.461 e. The predicted octanol–water partition coefficient (Wildman–Crippen LogP) is 7.18. The summed E-state index contributed by atoms with van der Waals surface area (Å²) >= 11 is 0. The monoisotopic (exact) mass is 1300 g/mol. The SMILES string of the molecule is CO/N=C1\C[C@@H](C)O[C@@H](O[C@@H]2[C@@H](C)[C@H](O[C@H]3CC(C)N(CC(C)(C)C)C[C@H](C)O3)[C@@H](C)C(=O)O[C@H](C(C)CO[C@@H]3O[C@H](C)[C@@H](O)[C@@H](OC)[C@H]3OC)[C@H](C)[C@@H](OC(=O)CC(C)C)[C@@H](C)C(=O)[C@@](C)(OC(=O)NC(C)(C)CNS(=O)(=O)c3ccccc3)C[C@@H]2C)[C@@H]1O. The minimum absolute atomic E-state index is 0.0130. The third kappa shape index (κ3) is 20.8. The number of sulfonamides is 1. The van der Waals surface area contributed by atoms with Crippen molar-refractivity contribution >= 4 is 39.6 Å². The number of aliphatic hydroxyl groups is 2. The van der Waals surface area contributed by atoms with Crippen LogP contribution in [-0.2, 0) is 81.3 Å². The number of rotatable bonds is 21. The van der Waals surface area contributed by atoms with Gasteiger partial charge in [0.1, 0.15) is 43.7 Å². The predicted molar refractivity (Wildman–Crippen MR) is 334 cm³/mol. The molecule has 4 N–H and O–H groups in total. The van der Waals surface area contributed by atoms with E-state index in [9.17, 15) is 28.2 Å². The number of nitrogens with zero attached hydrogens (tertiary/aromatic N) is 2. The zero-order valence-corrected chi connectivity index (χ0v) is 58.1. The molecule has 4 fully saturated rings. The third-order valence-corrected chi connectivity index (χ3v) is 19.0. The quantitative estimate of drug-likeness (QED) is 0.0538. The summed E-state index contributed by atoms with van der Waals surface area (Å²) < 4.78 is 101. The number of ketones is 1. The van der Waals surface area contributed by atoms with Crippen molar-refractivity contribution in [2.24, 2.45) is 52.0 Å². The van der Waals surface area contributed by atoms with Gasteiger partial charge in [-0.2, -0.15) is 0 Å². The van der Waals surface area contributed by atoms with Gasteiger partial charge < -0.3 is 72.5 Å². The lowest BCUT2D eigenvalue weighted by Crippen LogP contribution is -2.59. The van der Waals surface area contributed by atoms with E-state index in [1.54, 1.807) is 80.5 Å². The Hall–Kier alpha value is -3.96. The first-order valence-corrected chi connectivity index (χ1v) is 33.5. The van der Waals surface area contributed by atoms with Gasteiger partial charge in [0.25, 0.3) is 0 Å². The van der Waals surface area contributed by atoms with Crippen LogP contribution >= 0.6 is 0 Å². The van der Waals surface area contributed by atoms with Crippen molar-refractivity contribution in [2.45, 2.75) is 258 Å². The standard InChI is InChI=1S/C65H110N4O20S/c1-35(2)27-48(70)85-54-42(9)53(37(4)32-81-61-57(79-20)56(78-19)50(71)45(12)84-61)87-59(74)44(11)55(86-49-28-38(5)69(31-40(7)82-49)34-63(13,14)15)41(8)52(88-60-51(72)47(68-80-21)29-39(6)83-60)36(3)30-65(18,58(73)43(54)10)89-62(75)67-64(16,17)33-66-90(76,77)46-25-23-22-24-26-46/h22-26,35-45,49-57,60-61,66,71-72H,27-34H2,1-21H3,(H,67,75)/b68-47+/t36-,37?,38?,39+,40-,41+,42-,43+,44+,45+,49-,50+,51+,52-,53+,54+,55-,56+,57+,60-,61+,65-/m0/s1. The van der Waals surface area contributed by atoms with Gasteiger partial charge in [-0.05, 0) is 91.2 Å². The highest BCUT2D eigenvalue weighted by atomic mass is 32.2. The maximum absolute atomic E-state index is 16.1. The molecule has 0 bridgehead atoms. The Kier molecular flexibility index (Phi) is 28.1. The molecule has 2 unspecified atom stereocenters. The fraction of sp³-hybridized carbons (Fsp3) is 0.831. The maximum Gasteiger partial charge on any atom is 0.408 e. The first-order valence-electron chi connectivity index (χ1n) is 32.0. The molecule has 0 aromatic heterocycles. The fourth-order valence-corrected chi connectivity index (χ4v) is 14.2. The van der Waals surface area contributed by atoms with Gasteiger partial charge in [-0.1, -0.05) is 92.6 Å². The van der Waals surface area contributed by atoms with E-state index in [0.29, 0.717) is 13.0 Å². The highest BCUT2D eigenvalue weighted by Gasteiger charge is 2.53. The van der Waals surface area contributed by atoms with E-state index < -0.39 is 160 Å². The van der Waals surface area contributed by atoms with Gasteiger partial charge in [0.15, 0.2) is 30.3 Å². The Morgan fingerprint density at radius 3 is 2.06 bits per heavy atom. The Morgan fingerprint density at radius 1 is 0.811 bits per heavy atom. The molecule has 24 nitrogen and oxygen atoms in total. The van der Waals surface area contributed by atoms with Crippen LogP contribution in [-0.4, -0.2) is 204 Å². The smallest absolute Gasteiger partial charge is 0.408 e.